The van der Waals surface area contributed by atoms with E-state index in [1.165, 1.54) is 19.1 Å². The average molecular weight is 371 g/mol. The highest BCUT2D eigenvalue weighted by Gasteiger charge is 2.23. The number of nitro groups is 1. The van der Waals surface area contributed by atoms with Gasteiger partial charge in [-0.15, -0.1) is 0 Å². The number of nitrogens with one attached hydrogen (secondary N) is 2. The van der Waals surface area contributed by atoms with Crippen LogP contribution in [0.5, 0.6) is 0 Å². The molecule has 1 atom stereocenters. The fourth-order valence-corrected chi connectivity index (χ4v) is 2.38. The third-order valence-corrected chi connectivity index (χ3v) is 3.99. The van der Waals surface area contributed by atoms with Crippen molar-refractivity contribution >= 4 is 28.9 Å². The molecule has 142 valence electrons. The van der Waals surface area contributed by atoms with Crippen LogP contribution in [0.25, 0.3) is 0 Å². The molecule has 8 nitrogen and oxygen atoms in total. The summed E-state index contributed by atoms with van der Waals surface area (Å²) in [5, 5.41) is 16.4. The van der Waals surface area contributed by atoms with Gasteiger partial charge in [-0.3, -0.25) is 14.9 Å². The number of carbonyl (C=O) groups excluding carboxylic acids is 2. The number of carbonyl (C=O) groups is 2. The lowest BCUT2D eigenvalue weighted by Gasteiger charge is -2.15. The number of amides is 1. The van der Waals surface area contributed by atoms with Gasteiger partial charge in [0.25, 0.3) is 11.6 Å². The number of hydrogen-bond donors (Lipinski definition) is 2. The molecule has 2 aromatic carbocycles. The van der Waals surface area contributed by atoms with Crippen molar-refractivity contribution in [3.05, 3.63) is 63.7 Å². The van der Waals surface area contributed by atoms with Crippen LogP contribution in [0, 0.1) is 10.1 Å². The Morgan fingerprint density at radius 1 is 1.19 bits per heavy atom. The van der Waals surface area contributed by atoms with Gasteiger partial charge < -0.3 is 15.4 Å². The van der Waals surface area contributed by atoms with Crippen molar-refractivity contribution in [1.82, 2.24) is 0 Å². The van der Waals surface area contributed by atoms with Crippen LogP contribution in [-0.2, 0) is 16.0 Å². The maximum absolute atomic E-state index is 12.4. The van der Waals surface area contributed by atoms with Crippen molar-refractivity contribution < 1.29 is 19.2 Å². The zero-order chi connectivity index (χ0) is 20.0. The molecule has 0 heterocycles. The first-order chi connectivity index (χ1) is 12.8. The molecule has 27 heavy (non-hydrogen) atoms. The Morgan fingerprint density at radius 2 is 1.85 bits per heavy atom. The number of nitrogens with zero attached hydrogens (tertiary/aromatic N) is 1. The predicted molar refractivity (Wildman–Crippen MR) is 102 cm³/mol. The normalized spacial score (nSPS) is 11.4. The predicted octanol–water partition coefficient (Wildman–Crippen LogP) is 3.38. The van der Waals surface area contributed by atoms with Crippen LogP contribution in [0.4, 0.5) is 17.1 Å². The summed E-state index contributed by atoms with van der Waals surface area (Å²) >= 11 is 0. The highest BCUT2D eigenvalue weighted by Crippen LogP contribution is 2.23. The fraction of sp³-hybridized carbons (Fsp3) is 0.263. The lowest BCUT2D eigenvalue weighted by Crippen LogP contribution is -2.30. The van der Waals surface area contributed by atoms with Crippen molar-refractivity contribution in [3.8, 4) is 0 Å². The Bertz CT molecular complexity index is 849. The maximum Gasteiger partial charge on any atom is 0.341 e. The smallest absolute Gasteiger partial charge is 0.341 e. The van der Waals surface area contributed by atoms with E-state index in [1.54, 1.807) is 19.2 Å². The van der Waals surface area contributed by atoms with Crippen LogP contribution in [0.3, 0.4) is 0 Å². The van der Waals surface area contributed by atoms with Gasteiger partial charge in [0.2, 0.25) is 0 Å². The second-order valence-electron chi connectivity index (χ2n) is 5.82. The molecule has 0 saturated heterocycles. The molecular formula is C19H21N3O5. The molecule has 0 fully saturated rings. The Hall–Kier alpha value is -3.42. The van der Waals surface area contributed by atoms with Gasteiger partial charge in [-0.05, 0) is 37.1 Å². The lowest BCUT2D eigenvalue weighted by molar-refractivity contribution is -0.384. The quantitative estimate of drug-likeness (QED) is 0.438. The van der Waals surface area contributed by atoms with E-state index in [1.807, 2.05) is 19.1 Å². The average Bonchev–Trinajstić information content (AvgIpc) is 2.67. The van der Waals surface area contributed by atoms with Crippen LogP contribution in [0.2, 0.25) is 0 Å². The van der Waals surface area contributed by atoms with Gasteiger partial charge >= 0.3 is 5.97 Å². The van der Waals surface area contributed by atoms with Crippen LogP contribution >= 0.6 is 0 Å². The summed E-state index contributed by atoms with van der Waals surface area (Å²) in [5.41, 5.74) is 1.84. The third kappa shape index (κ3) is 5.04. The van der Waals surface area contributed by atoms with Gasteiger partial charge in [-0.25, -0.2) is 4.79 Å². The van der Waals surface area contributed by atoms with E-state index in [9.17, 15) is 19.7 Å². The molecule has 0 aromatic heterocycles. The molecule has 1 amide bonds. The molecule has 0 unspecified atom stereocenters. The molecule has 2 aromatic rings. The molecule has 0 radical (unpaired) electrons. The minimum atomic E-state index is -1.08. The van der Waals surface area contributed by atoms with E-state index in [0.29, 0.717) is 11.4 Å². The van der Waals surface area contributed by atoms with E-state index in [-0.39, 0.29) is 11.3 Å². The number of nitro benzene ring substituents is 1. The van der Waals surface area contributed by atoms with Gasteiger partial charge in [0.05, 0.1) is 10.5 Å². The summed E-state index contributed by atoms with van der Waals surface area (Å²) in [6, 6.07) is 11.1. The maximum atomic E-state index is 12.4. The number of rotatable bonds is 7. The number of benzene rings is 2. The summed E-state index contributed by atoms with van der Waals surface area (Å²) in [6.07, 6.45) is -0.188. The molecular weight excluding hydrogens is 350 g/mol. The minimum absolute atomic E-state index is 0.0151. The number of ether oxygens (including phenoxy) is 1. The molecule has 0 aliphatic rings. The first kappa shape index (κ1) is 19.9. The van der Waals surface area contributed by atoms with Crippen LogP contribution in [0.1, 0.15) is 29.8 Å². The first-order valence-electron chi connectivity index (χ1n) is 8.42. The standard InChI is InChI=1S/C19H21N3O5/c1-4-13-5-7-14(8-6-13)21-18(23)12(2)27-19(24)16-11-15(22(25)26)9-10-17(16)20-3/h5-12,20H,4H2,1-3H3,(H,21,23)/t12-/m0/s1. The second kappa shape index (κ2) is 8.79. The monoisotopic (exact) mass is 371 g/mol. The molecule has 2 rings (SSSR count). The number of aryl methyl sites for hydroxylation is 1. The Morgan fingerprint density at radius 3 is 2.41 bits per heavy atom. The molecule has 0 aliphatic carbocycles. The lowest BCUT2D eigenvalue weighted by atomic mass is 10.1. The molecule has 0 spiro atoms. The highest BCUT2D eigenvalue weighted by molar-refractivity contribution is 6.00. The van der Waals surface area contributed by atoms with Crippen molar-refractivity contribution in [2.75, 3.05) is 17.7 Å². The Labute approximate surface area is 156 Å². The van der Waals surface area contributed by atoms with Gasteiger partial charge in [-0.2, -0.15) is 0 Å². The van der Waals surface area contributed by atoms with Crippen LogP contribution in [0.15, 0.2) is 42.5 Å². The number of esters is 1. The van der Waals surface area contributed by atoms with E-state index < -0.39 is 22.9 Å². The minimum Gasteiger partial charge on any atom is -0.449 e. The van der Waals surface area contributed by atoms with Crippen molar-refractivity contribution in [3.63, 3.8) is 0 Å². The van der Waals surface area contributed by atoms with Crippen LogP contribution < -0.4 is 10.6 Å². The summed E-state index contributed by atoms with van der Waals surface area (Å²) in [7, 11) is 1.58. The van der Waals surface area contributed by atoms with E-state index in [4.69, 9.17) is 4.74 Å². The Kier molecular flexibility index (Phi) is 6.48. The van der Waals surface area contributed by atoms with Gasteiger partial charge in [0, 0.05) is 30.6 Å². The summed E-state index contributed by atoms with van der Waals surface area (Å²) in [6.45, 7) is 3.46. The van der Waals surface area contributed by atoms with Crippen molar-refractivity contribution in [1.29, 1.82) is 0 Å². The molecule has 8 heteroatoms. The van der Waals surface area contributed by atoms with E-state index in [2.05, 4.69) is 10.6 Å². The third-order valence-electron chi connectivity index (χ3n) is 3.99. The molecule has 0 bridgehead atoms. The number of non-ortho nitro benzene ring substituents is 1. The molecule has 0 saturated carbocycles. The SMILES string of the molecule is CCc1ccc(NC(=O)[C@H](C)OC(=O)c2cc([N+](=O)[O-])ccc2NC)cc1. The van der Waals surface area contributed by atoms with Crippen molar-refractivity contribution in [2.24, 2.45) is 0 Å². The molecule has 2 N–H and O–H groups in total. The molecule has 0 aliphatic heterocycles. The first-order valence-corrected chi connectivity index (χ1v) is 8.42. The van der Waals surface area contributed by atoms with E-state index >= 15 is 0 Å². The zero-order valence-corrected chi connectivity index (χ0v) is 15.3. The summed E-state index contributed by atoms with van der Waals surface area (Å²) < 4.78 is 5.18. The van der Waals surface area contributed by atoms with Gasteiger partial charge in [0.15, 0.2) is 6.10 Å². The van der Waals surface area contributed by atoms with Gasteiger partial charge in [-0.1, -0.05) is 19.1 Å². The summed E-state index contributed by atoms with van der Waals surface area (Å²) in [4.78, 5) is 35.0. The largest absolute Gasteiger partial charge is 0.449 e. The number of anilines is 2. The van der Waals surface area contributed by atoms with Crippen molar-refractivity contribution in [2.45, 2.75) is 26.4 Å². The van der Waals surface area contributed by atoms with Gasteiger partial charge in [0.1, 0.15) is 0 Å². The fourth-order valence-electron chi connectivity index (χ4n) is 2.38. The topological polar surface area (TPSA) is 111 Å². The Balaban J connectivity index is 2.08. The van der Waals surface area contributed by atoms with Crippen LogP contribution in [-0.4, -0.2) is 30.0 Å². The number of hydrogen-bond acceptors (Lipinski definition) is 6. The second-order valence-corrected chi connectivity index (χ2v) is 5.82. The van der Waals surface area contributed by atoms with E-state index in [0.717, 1.165) is 18.1 Å². The zero-order valence-electron chi connectivity index (χ0n) is 15.3. The highest BCUT2D eigenvalue weighted by atomic mass is 16.6. The summed E-state index contributed by atoms with van der Waals surface area (Å²) in [5.74, 6) is -1.32.